The standard InChI is InChI=1S/C10H9N5S/c1-6-4-16-9-8(6)12-5-13-10(9)15-3-7(11)2-14-15/h2-5H,11H2,1H3. The molecular formula is C10H9N5S. The first-order valence-corrected chi connectivity index (χ1v) is 5.63. The molecule has 3 heterocycles. The number of anilines is 1. The van der Waals surface area contributed by atoms with Crippen molar-refractivity contribution < 1.29 is 0 Å². The molecule has 3 rings (SSSR count). The fourth-order valence-corrected chi connectivity index (χ4v) is 2.56. The Morgan fingerprint density at radius 2 is 2.25 bits per heavy atom. The summed E-state index contributed by atoms with van der Waals surface area (Å²) in [5, 5.41) is 6.22. The molecular weight excluding hydrogens is 222 g/mol. The summed E-state index contributed by atoms with van der Waals surface area (Å²) in [4.78, 5) is 8.51. The van der Waals surface area contributed by atoms with Gasteiger partial charge in [0.2, 0.25) is 0 Å². The molecule has 0 aliphatic heterocycles. The maximum absolute atomic E-state index is 5.64. The molecule has 0 bridgehead atoms. The fraction of sp³-hybridized carbons (Fsp3) is 0.100. The second kappa shape index (κ2) is 3.28. The Morgan fingerprint density at radius 3 is 3.00 bits per heavy atom. The molecule has 2 N–H and O–H groups in total. The van der Waals surface area contributed by atoms with Crippen molar-refractivity contribution in [3.8, 4) is 5.82 Å². The molecule has 0 radical (unpaired) electrons. The molecule has 6 heteroatoms. The third-order valence-corrected chi connectivity index (χ3v) is 3.41. The molecule has 0 saturated heterocycles. The van der Waals surface area contributed by atoms with Crippen LogP contribution < -0.4 is 5.73 Å². The number of fused-ring (bicyclic) bond motifs is 1. The van der Waals surface area contributed by atoms with E-state index in [-0.39, 0.29) is 0 Å². The van der Waals surface area contributed by atoms with Crippen molar-refractivity contribution in [2.45, 2.75) is 6.92 Å². The molecule has 0 aliphatic rings. The first-order valence-electron chi connectivity index (χ1n) is 4.75. The number of thiophene rings is 1. The van der Waals surface area contributed by atoms with Gasteiger partial charge in [0.15, 0.2) is 5.82 Å². The van der Waals surface area contributed by atoms with Crippen molar-refractivity contribution in [2.75, 3.05) is 5.73 Å². The Hall–Kier alpha value is -1.95. The molecule has 0 atom stereocenters. The quantitative estimate of drug-likeness (QED) is 0.693. The van der Waals surface area contributed by atoms with E-state index < -0.39 is 0 Å². The summed E-state index contributed by atoms with van der Waals surface area (Å²) in [5.41, 5.74) is 8.40. The number of aryl methyl sites for hydroxylation is 1. The molecule has 0 unspecified atom stereocenters. The van der Waals surface area contributed by atoms with Gasteiger partial charge < -0.3 is 5.73 Å². The zero-order valence-electron chi connectivity index (χ0n) is 8.58. The molecule has 3 aromatic heterocycles. The summed E-state index contributed by atoms with van der Waals surface area (Å²) < 4.78 is 2.71. The normalized spacial score (nSPS) is 11.1. The zero-order valence-corrected chi connectivity index (χ0v) is 9.40. The smallest absolute Gasteiger partial charge is 0.174 e. The lowest BCUT2D eigenvalue weighted by atomic mass is 10.3. The average Bonchev–Trinajstić information content (AvgIpc) is 2.86. The van der Waals surface area contributed by atoms with Crippen LogP contribution in [-0.4, -0.2) is 19.7 Å². The van der Waals surface area contributed by atoms with Crippen LogP contribution in [0.15, 0.2) is 24.1 Å². The third kappa shape index (κ3) is 1.27. The largest absolute Gasteiger partial charge is 0.396 e. The van der Waals surface area contributed by atoms with Crippen LogP contribution >= 0.6 is 11.3 Å². The summed E-state index contributed by atoms with van der Waals surface area (Å²) in [6.45, 7) is 2.03. The van der Waals surface area contributed by atoms with E-state index in [1.165, 1.54) is 0 Å². The topological polar surface area (TPSA) is 69.6 Å². The lowest BCUT2D eigenvalue weighted by molar-refractivity contribution is 0.853. The summed E-state index contributed by atoms with van der Waals surface area (Å²) in [5.74, 6) is 0.778. The van der Waals surface area contributed by atoms with Crippen molar-refractivity contribution in [2.24, 2.45) is 0 Å². The van der Waals surface area contributed by atoms with Crippen LogP contribution in [0.5, 0.6) is 0 Å². The van der Waals surface area contributed by atoms with Crippen molar-refractivity contribution in [3.05, 3.63) is 29.7 Å². The minimum atomic E-state index is 0.625. The molecule has 16 heavy (non-hydrogen) atoms. The minimum absolute atomic E-state index is 0.625. The zero-order chi connectivity index (χ0) is 11.1. The number of nitrogen functional groups attached to an aromatic ring is 1. The van der Waals surface area contributed by atoms with Gasteiger partial charge >= 0.3 is 0 Å². The van der Waals surface area contributed by atoms with E-state index in [2.05, 4.69) is 20.4 Å². The van der Waals surface area contributed by atoms with Crippen LogP contribution in [0.1, 0.15) is 5.56 Å². The lowest BCUT2D eigenvalue weighted by Crippen LogP contribution is -1.98. The van der Waals surface area contributed by atoms with E-state index in [0.717, 1.165) is 21.6 Å². The van der Waals surface area contributed by atoms with Crippen molar-refractivity contribution in [1.29, 1.82) is 0 Å². The highest BCUT2D eigenvalue weighted by Gasteiger charge is 2.10. The van der Waals surface area contributed by atoms with Crippen LogP contribution in [0.2, 0.25) is 0 Å². The van der Waals surface area contributed by atoms with Gasteiger partial charge in [0.05, 0.1) is 28.3 Å². The fourth-order valence-electron chi connectivity index (χ4n) is 1.57. The Labute approximate surface area is 95.6 Å². The molecule has 0 fully saturated rings. The summed E-state index contributed by atoms with van der Waals surface area (Å²) in [6.07, 6.45) is 4.90. The molecule has 0 amide bonds. The van der Waals surface area contributed by atoms with E-state index >= 15 is 0 Å². The van der Waals surface area contributed by atoms with Crippen molar-refractivity contribution in [3.63, 3.8) is 0 Å². The second-order valence-corrected chi connectivity index (χ2v) is 4.39. The molecule has 3 aromatic rings. The first kappa shape index (κ1) is 9.29. The van der Waals surface area contributed by atoms with E-state index in [0.29, 0.717) is 5.69 Å². The van der Waals surface area contributed by atoms with Crippen LogP contribution in [-0.2, 0) is 0 Å². The summed E-state index contributed by atoms with van der Waals surface area (Å²) in [7, 11) is 0. The highest BCUT2D eigenvalue weighted by molar-refractivity contribution is 7.17. The van der Waals surface area contributed by atoms with E-state index in [9.17, 15) is 0 Å². The van der Waals surface area contributed by atoms with Crippen LogP contribution in [0.25, 0.3) is 16.0 Å². The SMILES string of the molecule is Cc1csc2c(-n3cc(N)cn3)ncnc12. The Kier molecular flexibility index (Phi) is 1.90. The number of rotatable bonds is 1. The van der Waals surface area contributed by atoms with E-state index in [1.807, 2.05) is 6.92 Å². The summed E-state index contributed by atoms with van der Waals surface area (Å²) >= 11 is 1.62. The maximum Gasteiger partial charge on any atom is 0.174 e. The second-order valence-electron chi connectivity index (χ2n) is 3.51. The van der Waals surface area contributed by atoms with Crippen molar-refractivity contribution in [1.82, 2.24) is 19.7 Å². The highest BCUT2D eigenvalue weighted by Crippen LogP contribution is 2.27. The highest BCUT2D eigenvalue weighted by atomic mass is 32.1. The molecule has 0 saturated carbocycles. The predicted octanol–water partition coefficient (Wildman–Crippen LogP) is 1.77. The predicted molar refractivity (Wildman–Crippen MR) is 63.7 cm³/mol. The van der Waals surface area contributed by atoms with Crippen LogP contribution in [0.3, 0.4) is 0 Å². The monoisotopic (exact) mass is 231 g/mol. The van der Waals surface area contributed by atoms with E-state index in [1.54, 1.807) is 34.7 Å². The van der Waals surface area contributed by atoms with Gasteiger partial charge in [-0.25, -0.2) is 14.6 Å². The van der Waals surface area contributed by atoms with Gasteiger partial charge in [-0.05, 0) is 17.9 Å². The molecule has 0 spiro atoms. The maximum atomic E-state index is 5.64. The first-order chi connectivity index (χ1) is 7.75. The van der Waals surface area contributed by atoms with Crippen molar-refractivity contribution >= 4 is 27.2 Å². The Morgan fingerprint density at radius 1 is 1.38 bits per heavy atom. The van der Waals surface area contributed by atoms with Gasteiger partial charge in [0.1, 0.15) is 6.33 Å². The Bertz CT molecular complexity index is 654. The molecule has 80 valence electrons. The number of hydrogen-bond donors (Lipinski definition) is 1. The van der Waals surface area contributed by atoms with Gasteiger partial charge in [0.25, 0.3) is 0 Å². The van der Waals surface area contributed by atoms with Gasteiger partial charge in [-0.15, -0.1) is 11.3 Å². The average molecular weight is 231 g/mol. The van der Waals surface area contributed by atoms with E-state index in [4.69, 9.17) is 5.73 Å². The van der Waals surface area contributed by atoms with Gasteiger partial charge in [-0.1, -0.05) is 0 Å². The number of nitrogens with zero attached hydrogens (tertiary/aromatic N) is 4. The minimum Gasteiger partial charge on any atom is -0.396 e. The number of aromatic nitrogens is 4. The Balaban J connectivity index is 2.31. The summed E-state index contributed by atoms with van der Waals surface area (Å²) in [6, 6.07) is 0. The van der Waals surface area contributed by atoms with Gasteiger partial charge in [-0.2, -0.15) is 5.10 Å². The van der Waals surface area contributed by atoms with Crippen LogP contribution in [0, 0.1) is 6.92 Å². The lowest BCUT2D eigenvalue weighted by Gasteiger charge is -2.00. The van der Waals surface area contributed by atoms with Crippen LogP contribution in [0.4, 0.5) is 5.69 Å². The van der Waals surface area contributed by atoms with Gasteiger partial charge in [-0.3, -0.25) is 0 Å². The molecule has 0 aromatic carbocycles. The van der Waals surface area contributed by atoms with Gasteiger partial charge in [0, 0.05) is 0 Å². The molecule has 5 nitrogen and oxygen atoms in total. The number of nitrogens with two attached hydrogens (primary N) is 1. The number of hydrogen-bond acceptors (Lipinski definition) is 5. The third-order valence-electron chi connectivity index (χ3n) is 2.33. The molecule has 0 aliphatic carbocycles.